The van der Waals surface area contributed by atoms with Gasteiger partial charge in [-0.1, -0.05) is 107 Å². The van der Waals surface area contributed by atoms with Crippen LogP contribution < -0.4 is 10.4 Å². The monoisotopic (exact) mass is 434 g/mol. The number of rotatable bonds is 7. The molecular formula is C28H38O2Si. The zero-order valence-corrected chi connectivity index (χ0v) is 20.9. The highest BCUT2D eigenvalue weighted by Gasteiger charge is 2.32. The van der Waals surface area contributed by atoms with E-state index in [9.17, 15) is 4.79 Å². The van der Waals surface area contributed by atoms with E-state index in [1.165, 1.54) is 10.4 Å². The van der Waals surface area contributed by atoms with Gasteiger partial charge in [-0.15, -0.1) is 0 Å². The van der Waals surface area contributed by atoms with Crippen LogP contribution in [0.2, 0.25) is 0 Å². The second-order valence-corrected chi connectivity index (χ2v) is 12.7. The van der Waals surface area contributed by atoms with Crippen molar-refractivity contribution in [1.82, 2.24) is 0 Å². The Morgan fingerprint density at radius 2 is 1.52 bits per heavy atom. The first-order valence-electron chi connectivity index (χ1n) is 11.7. The fourth-order valence-electron chi connectivity index (χ4n) is 4.63. The summed E-state index contributed by atoms with van der Waals surface area (Å²) in [5.74, 6) is 1.89. The van der Waals surface area contributed by atoms with Gasteiger partial charge in [-0.25, -0.2) is 0 Å². The highest BCUT2D eigenvalue weighted by Crippen LogP contribution is 2.35. The number of allylic oxidation sites excluding steroid dienone is 1. The molecule has 0 N–H and O–H groups in total. The van der Waals surface area contributed by atoms with Crippen LogP contribution >= 0.6 is 0 Å². The molecule has 0 aromatic heterocycles. The van der Waals surface area contributed by atoms with Crippen molar-refractivity contribution < 1.29 is 9.22 Å². The molecule has 0 amide bonds. The van der Waals surface area contributed by atoms with Crippen LogP contribution in [-0.4, -0.2) is 20.9 Å². The highest BCUT2D eigenvalue weighted by atomic mass is 28.3. The van der Waals surface area contributed by atoms with Gasteiger partial charge in [0.15, 0.2) is 0 Å². The molecular weight excluding hydrogens is 396 g/mol. The van der Waals surface area contributed by atoms with Crippen molar-refractivity contribution in [2.24, 2.45) is 23.2 Å². The van der Waals surface area contributed by atoms with Crippen LogP contribution in [-0.2, 0) is 9.22 Å². The topological polar surface area (TPSA) is 26.3 Å². The van der Waals surface area contributed by atoms with Gasteiger partial charge in [0.1, 0.15) is 5.78 Å². The first kappa shape index (κ1) is 23.7. The summed E-state index contributed by atoms with van der Waals surface area (Å²) in [6.07, 6.45) is 6.99. The van der Waals surface area contributed by atoms with E-state index < -0.39 is 9.04 Å². The minimum atomic E-state index is -1.85. The Bertz CT molecular complexity index is 812. The lowest BCUT2D eigenvalue weighted by atomic mass is 9.72. The molecule has 3 rings (SSSR count). The van der Waals surface area contributed by atoms with Crippen molar-refractivity contribution in [3.05, 3.63) is 72.8 Å². The molecule has 1 aliphatic carbocycles. The van der Waals surface area contributed by atoms with Gasteiger partial charge in [0.2, 0.25) is 9.04 Å². The van der Waals surface area contributed by atoms with E-state index in [-0.39, 0.29) is 11.5 Å². The van der Waals surface area contributed by atoms with Crippen LogP contribution in [0.15, 0.2) is 72.8 Å². The minimum absolute atomic E-state index is 0.00517. The molecule has 0 spiro atoms. The molecule has 2 nitrogen and oxygen atoms in total. The van der Waals surface area contributed by atoms with Crippen molar-refractivity contribution in [3.63, 3.8) is 0 Å². The van der Waals surface area contributed by atoms with Gasteiger partial charge in [-0.3, -0.25) is 4.79 Å². The van der Waals surface area contributed by atoms with Crippen LogP contribution in [0.25, 0.3) is 0 Å². The third-order valence-corrected chi connectivity index (χ3v) is 9.05. The summed E-state index contributed by atoms with van der Waals surface area (Å²) in [6, 6.07) is 21.3. The molecule has 2 aromatic rings. The Morgan fingerprint density at radius 3 is 2.00 bits per heavy atom. The molecule has 1 aliphatic rings. The Hall–Kier alpha value is -1.97. The third-order valence-electron chi connectivity index (χ3n) is 6.50. The van der Waals surface area contributed by atoms with Crippen LogP contribution in [0.3, 0.4) is 0 Å². The number of hydrogen-bond donors (Lipinski definition) is 0. The van der Waals surface area contributed by atoms with Gasteiger partial charge in [-0.05, 0) is 40.0 Å². The normalized spacial score (nSPS) is 21.2. The second kappa shape index (κ2) is 10.6. The highest BCUT2D eigenvalue weighted by molar-refractivity contribution is 6.80. The van der Waals surface area contributed by atoms with Crippen LogP contribution in [0.1, 0.15) is 53.9 Å². The van der Waals surface area contributed by atoms with Crippen LogP contribution in [0.5, 0.6) is 0 Å². The number of ketones is 1. The van der Waals surface area contributed by atoms with Gasteiger partial charge >= 0.3 is 0 Å². The largest absolute Gasteiger partial charge is 0.404 e. The van der Waals surface area contributed by atoms with E-state index in [1.807, 2.05) is 0 Å². The SMILES string of the molecule is CC(C)C1CCC(=O)CC1/C=C/C(O[SiH](c1ccccc1)c1ccccc1)C(C)(C)C. The Kier molecular flexibility index (Phi) is 8.07. The van der Waals surface area contributed by atoms with E-state index in [1.54, 1.807) is 0 Å². The standard InChI is InChI=1S/C28H38O2Si/c1-21(2)26-18-17-23(29)20-22(26)16-19-27(28(3,4)5)30-31(24-12-8-6-9-13-24)25-14-10-7-11-15-25/h6-16,19,21-22,26-27,31H,17-18,20H2,1-5H3/b19-16+. The first-order valence-corrected chi connectivity index (χ1v) is 13.3. The van der Waals surface area contributed by atoms with Gasteiger partial charge < -0.3 is 4.43 Å². The maximum absolute atomic E-state index is 12.2. The molecule has 3 unspecified atom stereocenters. The fourth-order valence-corrected chi connectivity index (χ4v) is 7.27. The Morgan fingerprint density at radius 1 is 0.968 bits per heavy atom. The second-order valence-electron chi connectivity index (χ2n) is 10.4. The molecule has 1 fully saturated rings. The van der Waals surface area contributed by atoms with Crippen molar-refractivity contribution in [2.75, 3.05) is 0 Å². The summed E-state index contributed by atoms with van der Waals surface area (Å²) in [4.78, 5) is 12.2. The number of benzene rings is 2. The summed E-state index contributed by atoms with van der Waals surface area (Å²) in [5.41, 5.74) is -0.0304. The van der Waals surface area contributed by atoms with Crippen LogP contribution in [0.4, 0.5) is 0 Å². The summed E-state index contributed by atoms with van der Waals surface area (Å²) in [7, 11) is -1.85. The third kappa shape index (κ3) is 6.50. The molecule has 31 heavy (non-hydrogen) atoms. The van der Waals surface area contributed by atoms with Gasteiger partial charge in [0.25, 0.3) is 0 Å². The molecule has 0 bridgehead atoms. The quantitative estimate of drug-likeness (QED) is 0.445. The smallest absolute Gasteiger partial charge is 0.240 e. The van der Waals surface area contributed by atoms with Gasteiger partial charge in [0.05, 0.1) is 6.10 Å². The molecule has 166 valence electrons. The average Bonchev–Trinajstić information content (AvgIpc) is 2.74. The zero-order chi connectivity index (χ0) is 22.4. The molecule has 3 heteroatoms. The minimum Gasteiger partial charge on any atom is -0.404 e. The number of hydrogen-bond acceptors (Lipinski definition) is 2. The predicted octanol–water partition coefficient (Wildman–Crippen LogP) is 5.15. The van der Waals surface area contributed by atoms with E-state index in [0.717, 1.165) is 12.8 Å². The number of carbonyl (C=O) groups is 1. The molecule has 2 aromatic carbocycles. The maximum Gasteiger partial charge on any atom is 0.240 e. The predicted molar refractivity (Wildman–Crippen MR) is 133 cm³/mol. The van der Waals surface area contributed by atoms with Gasteiger partial charge in [0, 0.05) is 12.8 Å². The Balaban J connectivity index is 1.89. The number of Topliss-reactive ketones (excluding diaryl/α,β-unsaturated/α-hetero) is 1. The summed E-state index contributed by atoms with van der Waals surface area (Å²) in [5, 5.41) is 2.59. The zero-order valence-electron chi connectivity index (χ0n) is 19.8. The summed E-state index contributed by atoms with van der Waals surface area (Å²) >= 11 is 0. The van der Waals surface area contributed by atoms with E-state index in [2.05, 4.69) is 107 Å². The molecule has 0 aliphatic heterocycles. The molecule has 0 radical (unpaired) electrons. The van der Waals surface area contributed by atoms with Crippen molar-refractivity contribution in [1.29, 1.82) is 0 Å². The summed E-state index contributed by atoms with van der Waals surface area (Å²) < 4.78 is 6.97. The average molecular weight is 435 g/mol. The van der Waals surface area contributed by atoms with Gasteiger partial charge in [-0.2, -0.15) is 0 Å². The van der Waals surface area contributed by atoms with Crippen molar-refractivity contribution in [3.8, 4) is 0 Å². The van der Waals surface area contributed by atoms with Crippen molar-refractivity contribution >= 4 is 25.2 Å². The lowest BCUT2D eigenvalue weighted by molar-refractivity contribution is -0.122. The Labute approximate surface area is 190 Å². The maximum atomic E-state index is 12.2. The van der Waals surface area contributed by atoms with E-state index in [4.69, 9.17) is 4.43 Å². The molecule has 0 heterocycles. The van der Waals surface area contributed by atoms with Crippen LogP contribution in [0, 0.1) is 23.2 Å². The van der Waals surface area contributed by atoms with E-state index in [0.29, 0.717) is 30.0 Å². The molecule has 1 saturated carbocycles. The van der Waals surface area contributed by atoms with Crippen molar-refractivity contribution in [2.45, 2.75) is 60.0 Å². The molecule has 0 saturated heterocycles. The van der Waals surface area contributed by atoms with E-state index >= 15 is 0 Å². The lowest BCUT2D eigenvalue weighted by Gasteiger charge is -2.35. The summed E-state index contributed by atoms with van der Waals surface area (Å²) in [6.45, 7) is 11.3. The molecule has 3 atom stereocenters. The fraction of sp³-hybridized carbons (Fsp3) is 0.464. The lowest BCUT2D eigenvalue weighted by Crippen LogP contribution is -2.49. The first-order chi connectivity index (χ1) is 14.8. The number of carbonyl (C=O) groups excluding carboxylic acids is 1.